The molecule has 1 aromatic carbocycles. The molecule has 0 aromatic heterocycles. The summed E-state index contributed by atoms with van der Waals surface area (Å²) in [5.41, 5.74) is 1.16. The van der Waals surface area contributed by atoms with Crippen LogP contribution in [0.5, 0.6) is 5.75 Å². The fourth-order valence-electron chi connectivity index (χ4n) is 2.68. The first-order chi connectivity index (χ1) is 11.6. The number of hydrogen-bond donors (Lipinski definition) is 1. The normalized spacial score (nSPS) is 12.1. The summed E-state index contributed by atoms with van der Waals surface area (Å²) in [5.74, 6) is -0.198. The molecule has 0 aliphatic carbocycles. The molecule has 0 saturated heterocycles. The van der Waals surface area contributed by atoms with Crippen molar-refractivity contribution in [2.24, 2.45) is 0 Å². The third-order valence-corrected chi connectivity index (χ3v) is 4.01. The monoisotopic (exact) mass is 336 g/mol. The van der Waals surface area contributed by atoms with Crippen LogP contribution in [0.1, 0.15) is 70.8 Å². The van der Waals surface area contributed by atoms with Gasteiger partial charge in [-0.05, 0) is 31.4 Å². The highest BCUT2D eigenvalue weighted by Gasteiger charge is 2.09. The van der Waals surface area contributed by atoms with Gasteiger partial charge in [0.05, 0.1) is 0 Å². The van der Waals surface area contributed by atoms with Gasteiger partial charge in [0.15, 0.2) is 6.29 Å². The molecule has 0 amide bonds. The van der Waals surface area contributed by atoms with Crippen molar-refractivity contribution in [3.05, 3.63) is 29.8 Å². The Morgan fingerprint density at radius 2 is 1.67 bits per heavy atom. The van der Waals surface area contributed by atoms with Crippen LogP contribution in [-0.4, -0.2) is 24.0 Å². The molecule has 4 heteroatoms. The molecule has 1 rings (SSSR count). The van der Waals surface area contributed by atoms with E-state index in [2.05, 4.69) is 13.0 Å². The maximum Gasteiger partial charge on any atom is 0.329 e. The molecule has 1 N–H and O–H groups in total. The number of carboxylic acids is 1. The number of carboxylic acid groups (broad SMARTS) is 1. The molecule has 136 valence electrons. The van der Waals surface area contributed by atoms with Crippen LogP contribution in [0.15, 0.2) is 24.3 Å². The molecule has 0 heterocycles. The topological polar surface area (TPSA) is 55.8 Å². The number of para-hydroxylation sites is 1. The van der Waals surface area contributed by atoms with Crippen LogP contribution in [0.2, 0.25) is 0 Å². The van der Waals surface area contributed by atoms with Gasteiger partial charge in [-0.25, -0.2) is 4.79 Å². The van der Waals surface area contributed by atoms with E-state index in [0.29, 0.717) is 0 Å². The van der Waals surface area contributed by atoms with Crippen molar-refractivity contribution in [3.63, 3.8) is 0 Å². The number of rotatable bonds is 14. The van der Waals surface area contributed by atoms with Crippen molar-refractivity contribution in [2.75, 3.05) is 6.61 Å². The summed E-state index contributed by atoms with van der Waals surface area (Å²) in [6.07, 6.45) is 10.8. The maximum atomic E-state index is 10.5. The lowest BCUT2D eigenvalue weighted by Gasteiger charge is -2.17. The fourth-order valence-corrected chi connectivity index (χ4v) is 2.68. The molecule has 1 aromatic rings. The van der Waals surface area contributed by atoms with Gasteiger partial charge in [-0.15, -0.1) is 0 Å². The third kappa shape index (κ3) is 9.56. The Hall–Kier alpha value is -1.55. The van der Waals surface area contributed by atoms with Gasteiger partial charge in [0.25, 0.3) is 0 Å². The molecule has 0 aliphatic rings. The van der Waals surface area contributed by atoms with Crippen molar-refractivity contribution >= 4 is 5.97 Å². The summed E-state index contributed by atoms with van der Waals surface area (Å²) in [6, 6.07) is 7.92. The van der Waals surface area contributed by atoms with Gasteiger partial charge in [-0.2, -0.15) is 0 Å². The second kappa shape index (κ2) is 12.8. The SMILES string of the molecule is CCCCCCCCCCc1ccccc1OC(C)OCC(=O)O. The minimum atomic E-state index is -0.988. The van der Waals surface area contributed by atoms with Crippen molar-refractivity contribution in [1.29, 1.82) is 0 Å². The predicted octanol–water partition coefficient (Wildman–Crippen LogP) is 5.20. The number of carbonyl (C=O) groups is 1. The first kappa shape index (κ1) is 20.5. The minimum Gasteiger partial charge on any atom is -0.480 e. The van der Waals surface area contributed by atoms with Gasteiger partial charge in [0.2, 0.25) is 0 Å². The van der Waals surface area contributed by atoms with Crippen molar-refractivity contribution < 1.29 is 19.4 Å². The standard InChI is InChI=1S/C20H32O4/c1-3-4-5-6-7-8-9-10-13-18-14-11-12-15-19(18)24-17(2)23-16-20(21)22/h11-12,14-15,17H,3-10,13,16H2,1-2H3,(H,21,22). The summed E-state index contributed by atoms with van der Waals surface area (Å²) in [6.45, 7) is 3.62. The van der Waals surface area contributed by atoms with E-state index in [4.69, 9.17) is 14.6 Å². The molecule has 0 spiro atoms. The van der Waals surface area contributed by atoms with E-state index >= 15 is 0 Å². The molecule has 0 fully saturated rings. The largest absolute Gasteiger partial charge is 0.480 e. The quantitative estimate of drug-likeness (QED) is 0.375. The van der Waals surface area contributed by atoms with Crippen LogP contribution in [0.3, 0.4) is 0 Å². The Morgan fingerprint density at radius 3 is 2.33 bits per heavy atom. The van der Waals surface area contributed by atoms with Crippen LogP contribution in [0.25, 0.3) is 0 Å². The van der Waals surface area contributed by atoms with E-state index in [1.54, 1.807) is 6.92 Å². The molecule has 0 bridgehead atoms. The van der Waals surface area contributed by atoms with Crippen LogP contribution < -0.4 is 4.74 Å². The summed E-state index contributed by atoms with van der Waals surface area (Å²) in [7, 11) is 0. The van der Waals surface area contributed by atoms with Gasteiger partial charge >= 0.3 is 5.97 Å². The first-order valence-electron chi connectivity index (χ1n) is 9.21. The smallest absolute Gasteiger partial charge is 0.329 e. The number of aliphatic carboxylic acids is 1. The lowest BCUT2D eigenvalue weighted by atomic mass is 10.0. The van der Waals surface area contributed by atoms with E-state index in [1.165, 1.54) is 44.9 Å². The number of aryl methyl sites for hydroxylation is 1. The Labute approximate surface area is 146 Å². The molecule has 1 unspecified atom stereocenters. The van der Waals surface area contributed by atoms with E-state index < -0.39 is 12.3 Å². The first-order valence-corrected chi connectivity index (χ1v) is 9.21. The molecule has 0 saturated carbocycles. The number of benzene rings is 1. The van der Waals surface area contributed by atoms with Crippen molar-refractivity contribution in [2.45, 2.75) is 77.9 Å². The highest BCUT2D eigenvalue weighted by Crippen LogP contribution is 2.22. The van der Waals surface area contributed by atoms with Crippen LogP contribution in [0.4, 0.5) is 0 Å². The average Bonchev–Trinajstić information content (AvgIpc) is 2.57. The molecule has 1 atom stereocenters. The van der Waals surface area contributed by atoms with E-state index in [-0.39, 0.29) is 6.61 Å². The van der Waals surface area contributed by atoms with Crippen LogP contribution in [0, 0.1) is 0 Å². The molecule has 4 nitrogen and oxygen atoms in total. The predicted molar refractivity (Wildman–Crippen MR) is 96.4 cm³/mol. The van der Waals surface area contributed by atoms with Crippen molar-refractivity contribution in [1.82, 2.24) is 0 Å². The van der Waals surface area contributed by atoms with Crippen LogP contribution >= 0.6 is 0 Å². The summed E-state index contributed by atoms with van der Waals surface area (Å²) < 4.78 is 10.9. The highest BCUT2D eigenvalue weighted by atomic mass is 16.7. The summed E-state index contributed by atoms with van der Waals surface area (Å²) >= 11 is 0. The summed E-state index contributed by atoms with van der Waals surface area (Å²) in [4.78, 5) is 10.5. The second-order valence-electron chi connectivity index (χ2n) is 6.22. The third-order valence-electron chi connectivity index (χ3n) is 4.01. The Balaban J connectivity index is 2.29. The zero-order chi connectivity index (χ0) is 17.6. The Kier molecular flexibility index (Phi) is 10.9. The number of ether oxygens (including phenoxy) is 2. The van der Waals surface area contributed by atoms with Crippen LogP contribution in [-0.2, 0) is 16.0 Å². The zero-order valence-corrected chi connectivity index (χ0v) is 15.1. The minimum absolute atomic E-state index is 0.346. The number of hydrogen-bond acceptors (Lipinski definition) is 3. The average molecular weight is 336 g/mol. The molecule has 24 heavy (non-hydrogen) atoms. The van der Waals surface area contributed by atoms with Gasteiger partial charge in [-0.1, -0.05) is 70.1 Å². The van der Waals surface area contributed by atoms with Gasteiger partial charge in [-0.3, -0.25) is 0 Å². The zero-order valence-electron chi connectivity index (χ0n) is 15.1. The van der Waals surface area contributed by atoms with E-state index in [1.807, 2.05) is 18.2 Å². The molecule has 0 radical (unpaired) electrons. The van der Waals surface area contributed by atoms with Gasteiger partial charge in [0.1, 0.15) is 12.4 Å². The Bertz CT molecular complexity index is 459. The highest BCUT2D eigenvalue weighted by molar-refractivity contribution is 5.68. The molecular formula is C20H32O4. The number of unbranched alkanes of at least 4 members (excludes halogenated alkanes) is 7. The fraction of sp³-hybridized carbons (Fsp3) is 0.650. The maximum absolute atomic E-state index is 10.5. The second-order valence-corrected chi connectivity index (χ2v) is 6.22. The lowest BCUT2D eigenvalue weighted by molar-refractivity contribution is -0.151. The lowest BCUT2D eigenvalue weighted by Crippen LogP contribution is -2.21. The van der Waals surface area contributed by atoms with Gasteiger partial charge < -0.3 is 14.6 Å². The van der Waals surface area contributed by atoms with Gasteiger partial charge in [0, 0.05) is 0 Å². The van der Waals surface area contributed by atoms with Crippen molar-refractivity contribution in [3.8, 4) is 5.75 Å². The van der Waals surface area contributed by atoms with E-state index in [9.17, 15) is 4.79 Å². The summed E-state index contributed by atoms with van der Waals surface area (Å²) in [5, 5.41) is 8.64. The van der Waals surface area contributed by atoms with E-state index in [0.717, 1.165) is 24.2 Å². The molecule has 0 aliphatic heterocycles. The molecular weight excluding hydrogens is 304 g/mol. The Morgan fingerprint density at radius 1 is 1.04 bits per heavy atom.